The molecule has 204 valence electrons. The Morgan fingerprint density at radius 2 is 0.773 bits per heavy atom. The van der Waals surface area contributed by atoms with E-state index in [1.165, 1.54) is 49.0 Å². The highest BCUT2D eigenvalue weighted by atomic mass is 16.3. The summed E-state index contributed by atoms with van der Waals surface area (Å²) in [5.74, 6) is 0. The molecule has 10 aromatic rings. The van der Waals surface area contributed by atoms with Crippen molar-refractivity contribution in [3.05, 3.63) is 146 Å². The SMILES string of the molecule is c1cc(-c2ccc3c4ccccc4c4ccccc4c3c2)cc(-c2ccc3oc4ccc5c6ccccc6oc5c4c3c2)c1. The Balaban J connectivity index is 1.15. The molecule has 44 heavy (non-hydrogen) atoms. The molecule has 0 saturated heterocycles. The van der Waals surface area contributed by atoms with Gasteiger partial charge in [0.15, 0.2) is 0 Å². The first-order chi connectivity index (χ1) is 21.8. The number of benzene rings is 8. The van der Waals surface area contributed by atoms with Gasteiger partial charge in [-0.2, -0.15) is 0 Å². The van der Waals surface area contributed by atoms with Crippen molar-refractivity contribution in [1.29, 1.82) is 0 Å². The van der Waals surface area contributed by atoms with Gasteiger partial charge in [-0.25, -0.2) is 0 Å². The van der Waals surface area contributed by atoms with Crippen LogP contribution < -0.4 is 0 Å². The summed E-state index contributed by atoms with van der Waals surface area (Å²) in [6.07, 6.45) is 0. The zero-order valence-electron chi connectivity index (χ0n) is 23.7. The topological polar surface area (TPSA) is 26.3 Å². The zero-order chi connectivity index (χ0) is 28.8. The molecule has 0 unspecified atom stereocenters. The minimum atomic E-state index is 0.841. The average Bonchev–Trinajstić information content (AvgIpc) is 3.66. The number of rotatable bonds is 2. The van der Waals surface area contributed by atoms with Crippen molar-refractivity contribution in [2.75, 3.05) is 0 Å². The Morgan fingerprint density at radius 3 is 1.50 bits per heavy atom. The fraction of sp³-hybridized carbons (Fsp3) is 0. The minimum absolute atomic E-state index is 0.841. The van der Waals surface area contributed by atoms with Crippen molar-refractivity contribution >= 4 is 76.2 Å². The zero-order valence-corrected chi connectivity index (χ0v) is 23.7. The predicted octanol–water partition coefficient (Wildman–Crippen LogP) is 12.3. The molecule has 0 aliphatic heterocycles. The Bertz CT molecular complexity index is 2740. The number of hydrogen-bond acceptors (Lipinski definition) is 2. The maximum absolute atomic E-state index is 6.39. The van der Waals surface area contributed by atoms with E-state index in [2.05, 4.69) is 133 Å². The molecule has 2 heterocycles. The second-order valence-electron chi connectivity index (χ2n) is 11.7. The van der Waals surface area contributed by atoms with Gasteiger partial charge in [0, 0.05) is 16.2 Å². The highest BCUT2D eigenvalue weighted by Crippen LogP contribution is 2.41. The average molecular weight is 561 g/mol. The minimum Gasteiger partial charge on any atom is -0.456 e. The lowest BCUT2D eigenvalue weighted by molar-refractivity contribution is 0.663. The van der Waals surface area contributed by atoms with Crippen LogP contribution >= 0.6 is 0 Å². The molecular formula is C42H24O2. The van der Waals surface area contributed by atoms with Crippen molar-refractivity contribution in [1.82, 2.24) is 0 Å². The summed E-state index contributed by atoms with van der Waals surface area (Å²) in [7, 11) is 0. The maximum Gasteiger partial charge on any atom is 0.147 e. The summed E-state index contributed by atoms with van der Waals surface area (Å²) in [6, 6.07) is 52.1. The first-order valence-electron chi connectivity index (χ1n) is 15.0. The smallest absolute Gasteiger partial charge is 0.147 e. The highest BCUT2D eigenvalue weighted by molar-refractivity contribution is 6.26. The maximum atomic E-state index is 6.39. The van der Waals surface area contributed by atoms with Crippen LogP contribution in [0.15, 0.2) is 154 Å². The Labute approximate surface area is 252 Å². The lowest BCUT2D eigenvalue weighted by Crippen LogP contribution is -1.85. The molecule has 2 nitrogen and oxygen atoms in total. The van der Waals surface area contributed by atoms with Crippen LogP contribution in [0.4, 0.5) is 0 Å². The van der Waals surface area contributed by atoms with E-state index in [9.17, 15) is 0 Å². The number of furan rings is 2. The second kappa shape index (κ2) is 8.82. The van der Waals surface area contributed by atoms with E-state index >= 15 is 0 Å². The van der Waals surface area contributed by atoms with E-state index in [-0.39, 0.29) is 0 Å². The van der Waals surface area contributed by atoms with Crippen molar-refractivity contribution in [3.63, 3.8) is 0 Å². The summed E-state index contributed by atoms with van der Waals surface area (Å²) in [4.78, 5) is 0. The second-order valence-corrected chi connectivity index (χ2v) is 11.7. The van der Waals surface area contributed by atoms with Crippen LogP contribution in [-0.2, 0) is 0 Å². The molecule has 0 spiro atoms. The molecule has 0 N–H and O–H groups in total. The van der Waals surface area contributed by atoms with E-state index in [0.29, 0.717) is 0 Å². The Hall–Kier alpha value is -5.86. The molecule has 10 rings (SSSR count). The first-order valence-corrected chi connectivity index (χ1v) is 15.0. The van der Waals surface area contributed by atoms with Gasteiger partial charge >= 0.3 is 0 Å². The van der Waals surface area contributed by atoms with Crippen LogP contribution in [0, 0.1) is 0 Å². The first kappa shape index (κ1) is 23.7. The quantitative estimate of drug-likeness (QED) is 0.197. The monoisotopic (exact) mass is 560 g/mol. The number of fused-ring (bicyclic) bond motifs is 13. The van der Waals surface area contributed by atoms with E-state index in [1.807, 2.05) is 12.1 Å². The van der Waals surface area contributed by atoms with Crippen molar-refractivity contribution < 1.29 is 8.83 Å². The molecule has 2 heteroatoms. The van der Waals surface area contributed by atoms with Crippen LogP contribution in [0.5, 0.6) is 0 Å². The summed E-state index contributed by atoms with van der Waals surface area (Å²) >= 11 is 0. The fourth-order valence-corrected chi connectivity index (χ4v) is 7.19. The molecule has 2 aromatic heterocycles. The van der Waals surface area contributed by atoms with Crippen LogP contribution in [0.25, 0.3) is 98.4 Å². The molecule has 0 bridgehead atoms. The van der Waals surface area contributed by atoms with E-state index in [0.717, 1.165) is 49.4 Å². The van der Waals surface area contributed by atoms with Gasteiger partial charge in [0.2, 0.25) is 0 Å². The predicted molar refractivity (Wildman–Crippen MR) is 184 cm³/mol. The Morgan fingerprint density at radius 1 is 0.273 bits per heavy atom. The van der Waals surface area contributed by atoms with Gasteiger partial charge in [0.1, 0.15) is 22.3 Å². The van der Waals surface area contributed by atoms with E-state index < -0.39 is 0 Å². The molecule has 0 amide bonds. The lowest BCUT2D eigenvalue weighted by Gasteiger charge is -2.12. The molecular weight excluding hydrogens is 536 g/mol. The van der Waals surface area contributed by atoms with Crippen LogP contribution in [0.2, 0.25) is 0 Å². The van der Waals surface area contributed by atoms with Crippen LogP contribution in [0.3, 0.4) is 0 Å². The molecule has 0 aliphatic rings. The molecule has 0 aliphatic carbocycles. The van der Waals surface area contributed by atoms with Gasteiger partial charge in [-0.3, -0.25) is 0 Å². The highest BCUT2D eigenvalue weighted by Gasteiger charge is 2.17. The number of para-hydroxylation sites is 1. The molecule has 0 fully saturated rings. The normalized spacial score (nSPS) is 12.1. The third-order valence-corrected chi connectivity index (χ3v) is 9.25. The summed E-state index contributed by atoms with van der Waals surface area (Å²) in [6.45, 7) is 0. The van der Waals surface area contributed by atoms with Gasteiger partial charge in [-0.05, 0) is 97.0 Å². The van der Waals surface area contributed by atoms with Gasteiger partial charge < -0.3 is 8.83 Å². The fourth-order valence-electron chi connectivity index (χ4n) is 7.19. The number of hydrogen-bond donors (Lipinski definition) is 0. The third-order valence-electron chi connectivity index (χ3n) is 9.25. The van der Waals surface area contributed by atoms with Crippen LogP contribution in [0.1, 0.15) is 0 Å². The van der Waals surface area contributed by atoms with E-state index in [4.69, 9.17) is 8.83 Å². The van der Waals surface area contributed by atoms with Gasteiger partial charge in [0.25, 0.3) is 0 Å². The van der Waals surface area contributed by atoms with Crippen molar-refractivity contribution in [2.45, 2.75) is 0 Å². The van der Waals surface area contributed by atoms with Gasteiger partial charge in [-0.1, -0.05) is 103 Å². The molecule has 0 saturated carbocycles. The van der Waals surface area contributed by atoms with Gasteiger partial charge in [-0.15, -0.1) is 0 Å². The summed E-state index contributed by atoms with van der Waals surface area (Å²) in [5, 5.41) is 12.1. The largest absolute Gasteiger partial charge is 0.456 e. The molecule has 0 radical (unpaired) electrons. The molecule has 0 atom stereocenters. The summed E-state index contributed by atoms with van der Waals surface area (Å²) < 4.78 is 12.7. The van der Waals surface area contributed by atoms with Gasteiger partial charge in [0.05, 0.1) is 5.39 Å². The van der Waals surface area contributed by atoms with Crippen molar-refractivity contribution in [2.24, 2.45) is 0 Å². The van der Waals surface area contributed by atoms with Crippen LogP contribution in [-0.4, -0.2) is 0 Å². The summed E-state index contributed by atoms with van der Waals surface area (Å²) in [5.41, 5.74) is 8.19. The van der Waals surface area contributed by atoms with Crippen molar-refractivity contribution in [3.8, 4) is 22.3 Å². The lowest BCUT2D eigenvalue weighted by atomic mass is 9.91. The standard InChI is InChI=1S/C42H24O2/c1-2-12-31-29(10-1)30-11-3-4-13-32(30)36-23-27(16-18-33(31)36)25-8-7-9-26(22-25)28-17-20-39-37(24-28)41-40(43-39)21-19-35-34-14-5-6-15-38(34)44-42(35)41/h1-24H. The molecule has 8 aromatic carbocycles. The Kier molecular flexibility index (Phi) is 4.75. The third kappa shape index (κ3) is 3.31. The van der Waals surface area contributed by atoms with E-state index in [1.54, 1.807) is 0 Å².